The lowest BCUT2D eigenvalue weighted by Gasteiger charge is -2.10. The molecule has 180 valence electrons. The summed E-state index contributed by atoms with van der Waals surface area (Å²) in [5.74, 6) is -0.978. The highest BCUT2D eigenvalue weighted by molar-refractivity contribution is 6.17. The molecule has 6 heteroatoms. The molecular formula is C31H22N2O4. The van der Waals surface area contributed by atoms with Crippen LogP contribution < -0.4 is 4.74 Å². The van der Waals surface area contributed by atoms with E-state index >= 15 is 0 Å². The van der Waals surface area contributed by atoms with Gasteiger partial charge in [-0.2, -0.15) is 5.10 Å². The number of benzene rings is 4. The van der Waals surface area contributed by atoms with Crippen molar-refractivity contribution in [2.24, 2.45) is 0 Å². The molecule has 0 atom stereocenters. The van der Waals surface area contributed by atoms with Gasteiger partial charge < -0.3 is 4.74 Å². The van der Waals surface area contributed by atoms with Gasteiger partial charge >= 0.3 is 5.97 Å². The van der Waals surface area contributed by atoms with Crippen molar-refractivity contribution in [2.75, 3.05) is 0 Å². The van der Waals surface area contributed by atoms with Crippen molar-refractivity contribution in [1.82, 2.24) is 9.78 Å². The summed E-state index contributed by atoms with van der Waals surface area (Å²) in [5.41, 5.74) is 2.86. The molecule has 37 heavy (non-hydrogen) atoms. The zero-order valence-electron chi connectivity index (χ0n) is 20.0. The average Bonchev–Trinajstić information content (AvgIpc) is 3.35. The summed E-state index contributed by atoms with van der Waals surface area (Å²) in [7, 11) is 0. The van der Waals surface area contributed by atoms with Crippen LogP contribution in [0.2, 0.25) is 0 Å². The van der Waals surface area contributed by atoms with Gasteiger partial charge in [-0.15, -0.1) is 0 Å². The molecule has 0 fully saturated rings. The average molecular weight is 487 g/mol. The van der Waals surface area contributed by atoms with E-state index < -0.39 is 5.97 Å². The van der Waals surface area contributed by atoms with Crippen LogP contribution in [0.3, 0.4) is 0 Å². The minimum absolute atomic E-state index is 0.0947. The van der Waals surface area contributed by atoms with Crippen molar-refractivity contribution < 1.29 is 19.1 Å². The molecule has 5 rings (SSSR count). The van der Waals surface area contributed by atoms with Crippen LogP contribution in [-0.4, -0.2) is 27.3 Å². The molecule has 0 aliphatic carbocycles. The van der Waals surface area contributed by atoms with Gasteiger partial charge in [0.1, 0.15) is 5.75 Å². The fraction of sp³-hybridized carbons (Fsp3) is 0.0323. The smallest absolute Gasteiger partial charge is 0.365 e. The Bertz CT molecular complexity index is 1570. The monoisotopic (exact) mass is 486 g/mol. The second kappa shape index (κ2) is 10.3. The predicted octanol–water partition coefficient (Wildman–Crippen LogP) is 6.19. The molecule has 0 radical (unpaired) electrons. The molecule has 0 aliphatic heterocycles. The molecule has 0 unspecified atom stereocenters. The largest absolute Gasteiger partial charge is 0.422 e. The van der Waals surface area contributed by atoms with Crippen LogP contribution in [0.1, 0.15) is 43.7 Å². The first-order chi connectivity index (χ1) is 18.0. The van der Waals surface area contributed by atoms with Crippen LogP contribution in [0.25, 0.3) is 16.9 Å². The van der Waals surface area contributed by atoms with E-state index in [1.807, 2.05) is 66.7 Å². The van der Waals surface area contributed by atoms with Gasteiger partial charge in [-0.1, -0.05) is 78.9 Å². The van der Waals surface area contributed by atoms with Crippen LogP contribution in [0.15, 0.2) is 115 Å². The normalized spacial score (nSPS) is 10.6. The van der Waals surface area contributed by atoms with E-state index in [1.54, 1.807) is 53.2 Å². The molecule has 6 nitrogen and oxygen atoms in total. The summed E-state index contributed by atoms with van der Waals surface area (Å²) in [4.78, 5) is 39.0. The number of esters is 1. The maximum absolute atomic E-state index is 13.9. The molecule has 1 aromatic heterocycles. The Morgan fingerprint density at radius 3 is 1.84 bits per heavy atom. The third-order valence-corrected chi connectivity index (χ3v) is 5.86. The lowest BCUT2D eigenvalue weighted by atomic mass is 9.97. The maximum Gasteiger partial charge on any atom is 0.365 e. The molecule has 0 bridgehead atoms. The minimum atomic E-state index is -0.776. The van der Waals surface area contributed by atoms with Gasteiger partial charge in [0.25, 0.3) is 0 Å². The summed E-state index contributed by atoms with van der Waals surface area (Å²) in [5, 5.41) is 4.61. The number of ether oxygens (including phenoxy) is 1. The number of rotatable bonds is 7. The van der Waals surface area contributed by atoms with Crippen LogP contribution in [0, 0.1) is 0 Å². The van der Waals surface area contributed by atoms with E-state index in [1.165, 1.54) is 6.92 Å². The van der Waals surface area contributed by atoms with E-state index in [0.29, 0.717) is 22.5 Å². The zero-order valence-corrected chi connectivity index (χ0v) is 20.0. The number of hydrogen-bond donors (Lipinski definition) is 0. The molecule has 1 heterocycles. The van der Waals surface area contributed by atoms with E-state index in [-0.39, 0.29) is 28.6 Å². The number of para-hydroxylation sites is 1. The molecule has 0 aliphatic rings. The van der Waals surface area contributed by atoms with E-state index in [2.05, 4.69) is 5.10 Å². The first-order valence-electron chi connectivity index (χ1n) is 11.7. The van der Waals surface area contributed by atoms with Gasteiger partial charge in [0.05, 0.1) is 16.9 Å². The molecular weight excluding hydrogens is 464 g/mol. The second-order valence-corrected chi connectivity index (χ2v) is 8.35. The van der Waals surface area contributed by atoms with Crippen molar-refractivity contribution in [1.29, 1.82) is 0 Å². The lowest BCUT2D eigenvalue weighted by Crippen LogP contribution is -2.15. The Hall–Kier alpha value is -5.10. The van der Waals surface area contributed by atoms with E-state index in [9.17, 15) is 14.4 Å². The highest BCUT2D eigenvalue weighted by atomic mass is 16.5. The standard InChI is InChI=1S/C31H22N2O4/c1-21(34)22-17-19-26(20-18-22)37-31(36)28-27(30(35)24-13-7-3-8-14-24)29(23-11-5-2-6-12-23)33(32-28)25-15-9-4-10-16-25/h2-20H,1H3. The molecule has 4 aromatic carbocycles. The van der Waals surface area contributed by atoms with Crippen LogP contribution in [0.4, 0.5) is 0 Å². The van der Waals surface area contributed by atoms with Crippen LogP contribution >= 0.6 is 0 Å². The summed E-state index contributed by atoms with van der Waals surface area (Å²) in [6, 6.07) is 33.7. The van der Waals surface area contributed by atoms with Crippen molar-refractivity contribution in [3.05, 3.63) is 138 Å². The maximum atomic E-state index is 13.9. The van der Waals surface area contributed by atoms with E-state index in [0.717, 1.165) is 5.56 Å². The van der Waals surface area contributed by atoms with Gasteiger partial charge in [-0.25, -0.2) is 9.48 Å². The summed E-state index contributed by atoms with van der Waals surface area (Å²) in [6.45, 7) is 1.46. The number of carbonyl (C=O) groups is 3. The number of aromatic nitrogens is 2. The zero-order chi connectivity index (χ0) is 25.8. The van der Waals surface area contributed by atoms with Crippen LogP contribution in [-0.2, 0) is 0 Å². The Labute approximate surface area is 213 Å². The third-order valence-electron chi connectivity index (χ3n) is 5.86. The summed E-state index contributed by atoms with van der Waals surface area (Å²) < 4.78 is 7.22. The minimum Gasteiger partial charge on any atom is -0.422 e. The second-order valence-electron chi connectivity index (χ2n) is 8.35. The Kier molecular flexibility index (Phi) is 6.55. The summed E-state index contributed by atoms with van der Waals surface area (Å²) in [6.07, 6.45) is 0. The Balaban J connectivity index is 1.69. The number of hydrogen-bond acceptors (Lipinski definition) is 5. The Morgan fingerprint density at radius 2 is 1.24 bits per heavy atom. The molecule has 0 spiro atoms. The van der Waals surface area contributed by atoms with Gasteiger partial charge in [-0.3, -0.25) is 9.59 Å². The topological polar surface area (TPSA) is 78.3 Å². The first kappa shape index (κ1) is 23.6. The molecule has 0 saturated heterocycles. The fourth-order valence-electron chi connectivity index (χ4n) is 4.04. The molecule has 0 N–H and O–H groups in total. The third kappa shape index (κ3) is 4.86. The molecule has 0 amide bonds. The van der Waals surface area contributed by atoms with Gasteiger partial charge in [0.15, 0.2) is 17.3 Å². The number of Topliss-reactive ketones (excluding diaryl/α,β-unsaturated/α-hetero) is 1. The van der Waals surface area contributed by atoms with Crippen molar-refractivity contribution in [3.63, 3.8) is 0 Å². The number of carbonyl (C=O) groups excluding carboxylic acids is 3. The quantitative estimate of drug-likeness (QED) is 0.156. The predicted molar refractivity (Wildman–Crippen MR) is 140 cm³/mol. The molecule has 0 saturated carbocycles. The highest BCUT2D eigenvalue weighted by Crippen LogP contribution is 2.32. The van der Waals surface area contributed by atoms with Gasteiger partial charge in [0.2, 0.25) is 0 Å². The van der Waals surface area contributed by atoms with Crippen molar-refractivity contribution in [3.8, 4) is 22.7 Å². The SMILES string of the molecule is CC(=O)c1ccc(OC(=O)c2nn(-c3ccccc3)c(-c3ccccc3)c2C(=O)c2ccccc2)cc1. The number of ketones is 2. The number of nitrogens with zero attached hydrogens (tertiary/aromatic N) is 2. The van der Waals surface area contributed by atoms with Crippen molar-refractivity contribution >= 4 is 17.5 Å². The Morgan fingerprint density at radius 1 is 0.676 bits per heavy atom. The lowest BCUT2D eigenvalue weighted by molar-refractivity contribution is 0.0724. The first-order valence-corrected chi connectivity index (χ1v) is 11.7. The highest BCUT2D eigenvalue weighted by Gasteiger charge is 2.31. The van der Waals surface area contributed by atoms with Crippen molar-refractivity contribution in [2.45, 2.75) is 6.92 Å². The summed E-state index contributed by atoms with van der Waals surface area (Å²) >= 11 is 0. The van der Waals surface area contributed by atoms with Gasteiger partial charge in [-0.05, 0) is 43.3 Å². The fourth-order valence-corrected chi connectivity index (χ4v) is 4.04. The molecule has 5 aromatic rings. The van der Waals surface area contributed by atoms with E-state index in [4.69, 9.17) is 4.74 Å². The van der Waals surface area contributed by atoms with Gasteiger partial charge in [0, 0.05) is 16.7 Å². The van der Waals surface area contributed by atoms with Crippen LogP contribution in [0.5, 0.6) is 5.75 Å².